The van der Waals surface area contributed by atoms with Gasteiger partial charge >= 0.3 is 0 Å². The molecule has 1 aromatic carbocycles. The molecule has 120 valence electrons. The van der Waals surface area contributed by atoms with Gasteiger partial charge in [0.1, 0.15) is 0 Å². The van der Waals surface area contributed by atoms with Crippen molar-refractivity contribution in [3.63, 3.8) is 0 Å². The average molecular weight is 314 g/mol. The molecular weight excluding hydrogens is 296 g/mol. The molecule has 1 fully saturated rings. The van der Waals surface area contributed by atoms with E-state index in [1.165, 1.54) is 0 Å². The maximum atomic E-state index is 12.6. The highest BCUT2D eigenvalue weighted by Crippen LogP contribution is 2.32. The van der Waals surface area contributed by atoms with E-state index < -0.39 is 0 Å². The van der Waals surface area contributed by atoms with E-state index in [4.69, 9.17) is 9.47 Å². The smallest absolute Gasteiger partial charge is 0.254 e. The summed E-state index contributed by atoms with van der Waals surface area (Å²) in [6.07, 6.45) is 3.72. The van der Waals surface area contributed by atoms with Crippen LogP contribution < -0.4 is 14.4 Å². The van der Waals surface area contributed by atoms with E-state index in [9.17, 15) is 4.79 Å². The summed E-state index contributed by atoms with van der Waals surface area (Å²) in [7, 11) is 1.98. The van der Waals surface area contributed by atoms with Gasteiger partial charge in [0, 0.05) is 51.2 Å². The third-order valence-electron chi connectivity index (χ3n) is 4.26. The predicted octanol–water partition coefficient (Wildman–Crippen LogP) is 1.11. The number of piperazine rings is 1. The second-order valence-corrected chi connectivity index (χ2v) is 5.69. The summed E-state index contributed by atoms with van der Waals surface area (Å²) in [5, 5.41) is 0. The molecule has 0 radical (unpaired) electrons. The molecule has 1 saturated heterocycles. The molecule has 0 atom stereocenters. The van der Waals surface area contributed by atoms with Crippen LogP contribution in [0.5, 0.6) is 11.5 Å². The minimum absolute atomic E-state index is 0.0304. The molecule has 0 bridgehead atoms. The van der Waals surface area contributed by atoms with E-state index in [1.54, 1.807) is 24.4 Å². The van der Waals surface area contributed by atoms with Crippen molar-refractivity contribution in [1.29, 1.82) is 0 Å². The number of amides is 1. The van der Waals surface area contributed by atoms with Crippen LogP contribution >= 0.6 is 0 Å². The van der Waals surface area contributed by atoms with Crippen molar-refractivity contribution >= 4 is 11.9 Å². The van der Waals surface area contributed by atoms with Crippen LogP contribution in [0.1, 0.15) is 10.4 Å². The molecule has 0 N–H and O–H groups in total. The van der Waals surface area contributed by atoms with E-state index in [-0.39, 0.29) is 12.7 Å². The molecule has 0 saturated carbocycles. The SMILES string of the molecule is Cn1ccnc1N1CCN(C(=O)c2ccc3c(c2)OCO3)CC1. The highest BCUT2D eigenvalue weighted by atomic mass is 16.7. The Morgan fingerprint density at radius 1 is 1.13 bits per heavy atom. The summed E-state index contributed by atoms with van der Waals surface area (Å²) >= 11 is 0. The van der Waals surface area contributed by atoms with Gasteiger partial charge in [0.05, 0.1) is 0 Å². The number of fused-ring (bicyclic) bond motifs is 1. The molecule has 7 nitrogen and oxygen atoms in total. The number of hydrogen-bond acceptors (Lipinski definition) is 5. The summed E-state index contributed by atoms with van der Waals surface area (Å²) in [5.41, 5.74) is 0.639. The summed E-state index contributed by atoms with van der Waals surface area (Å²) in [4.78, 5) is 21.1. The van der Waals surface area contributed by atoms with Crippen molar-refractivity contribution in [2.45, 2.75) is 0 Å². The summed E-state index contributed by atoms with van der Waals surface area (Å²) < 4.78 is 12.6. The number of aryl methyl sites for hydroxylation is 1. The van der Waals surface area contributed by atoms with Gasteiger partial charge in [-0.15, -0.1) is 0 Å². The van der Waals surface area contributed by atoms with E-state index in [0.29, 0.717) is 30.2 Å². The standard InChI is InChI=1S/C16H18N4O3/c1-18-5-4-17-16(18)20-8-6-19(7-9-20)15(21)12-2-3-13-14(10-12)23-11-22-13/h2-5,10H,6-9,11H2,1H3. The molecule has 0 unspecified atom stereocenters. The number of carbonyl (C=O) groups excluding carboxylic acids is 1. The molecule has 0 aliphatic carbocycles. The minimum Gasteiger partial charge on any atom is -0.454 e. The lowest BCUT2D eigenvalue weighted by molar-refractivity contribution is 0.0745. The largest absolute Gasteiger partial charge is 0.454 e. The molecular formula is C16H18N4O3. The van der Waals surface area contributed by atoms with Crippen LogP contribution in [-0.4, -0.2) is 53.3 Å². The van der Waals surface area contributed by atoms with Gasteiger partial charge in [-0.25, -0.2) is 4.98 Å². The molecule has 23 heavy (non-hydrogen) atoms. The van der Waals surface area contributed by atoms with Crippen LogP contribution in [0.2, 0.25) is 0 Å². The second-order valence-electron chi connectivity index (χ2n) is 5.69. The number of anilines is 1. The first-order valence-corrected chi connectivity index (χ1v) is 7.63. The van der Waals surface area contributed by atoms with E-state index >= 15 is 0 Å². The van der Waals surface area contributed by atoms with Crippen molar-refractivity contribution < 1.29 is 14.3 Å². The van der Waals surface area contributed by atoms with Crippen LogP contribution in [-0.2, 0) is 7.05 Å². The van der Waals surface area contributed by atoms with Crippen molar-refractivity contribution in [1.82, 2.24) is 14.5 Å². The van der Waals surface area contributed by atoms with Crippen LogP contribution in [0.25, 0.3) is 0 Å². The zero-order valence-electron chi connectivity index (χ0n) is 12.9. The Morgan fingerprint density at radius 3 is 2.65 bits per heavy atom. The van der Waals surface area contributed by atoms with Crippen LogP contribution in [0.3, 0.4) is 0 Å². The lowest BCUT2D eigenvalue weighted by Crippen LogP contribution is -2.49. The Balaban J connectivity index is 1.44. The fourth-order valence-electron chi connectivity index (χ4n) is 2.98. The average Bonchev–Trinajstić information content (AvgIpc) is 3.22. The van der Waals surface area contributed by atoms with Crippen molar-refractivity contribution in [2.24, 2.45) is 7.05 Å². The highest BCUT2D eigenvalue weighted by molar-refractivity contribution is 5.95. The molecule has 1 amide bonds. The first kappa shape index (κ1) is 13.9. The monoisotopic (exact) mass is 314 g/mol. The molecule has 1 aromatic heterocycles. The van der Waals surface area contributed by atoms with Gasteiger partial charge in [-0.1, -0.05) is 0 Å². The summed E-state index contributed by atoms with van der Waals surface area (Å²) in [6.45, 7) is 3.14. The van der Waals surface area contributed by atoms with Crippen molar-refractivity contribution in [3.05, 3.63) is 36.2 Å². The summed E-state index contributed by atoms with van der Waals surface area (Å²) in [5.74, 6) is 2.31. The minimum atomic E-state index is 0.0304. The normalized spacial score (nSPS) is 16.7. The number of aromatic nitrogens is 2. The zero-order chi connectivity index (χ0) is 15.8. The van der Waals surface area contributed by atoms with E-state index in [2.05, 4.69) is 9.88 Å². The third-order valence-corrected chi connectivity index (χ3v) is 4.26. The van der Waals surface area contributed by atoms with Crippen molar-refractivity contribution in [2.75, 3.05) is 37.9 Å². The summed E-state index contributed by atoms with van der Waals surface area (Å²) in [6, 6.07) is 5.34. The highest BCUT2D eigenvalue weighted by Gasteiger charge is 2.25. The number of benzene rings is 1. The quantitative estimate of drug-likeness (QED) is 0.831. The fraction of sp³-hybridized carbons (Fsp3) is 0.375. The Hall–Kier alpha value is -2.70. The van der Waals surface area contributed by atoms with Gasteiger partial charge in [0.2, 0.25) is 12.7 Å². The number of rotatable bonds is 2. The van der Waals surface area contributed by atoms with Gasteiger partial charge in [0.25, 0.3) is 5.91 Å². The van der Waals surface area contributed by atoms with Gasteiger partial charge in [-0.05, 0) is 18.2 Å². The lowest BCUT2D eigenvalue weighted by Gasteiger charge is -2.35. The van der Waals surface area contributed by atoms with Gasteiger partial charge in [-0.2, -0.15) is 0 Å². The fourth-order valence-corrected chi connectivity index (χ4v) is 2.98. The molecule has 2 aliphatic heterocycles. The Morgan fingerprint density at radius 2 is 1.91 bits per heavy atom. The Bertz CT molecular complexity index is 735. The van der Waals surface area contributed by atoms with E-state index in [0.717, 1.165) is 19.0 Å². The maximum absolute atomic E-state index is 12.6. The number of hydrogen-bond donors (Lipinski definition) is 0. The van der Waals surface area contributed by atoms with Gasteiger partial charge in [-0.3, -0.25) is 4.79 Å². The molecule has 3 heterocycles. The maximum Gasteiger partial charge on any atom is 0.254 e. The van der Waals surface area contributed by atoms with Crippen molar-refractivity contribution in [3.8, 4) is 11.5 Å². The van der Waals surface area contributed by atoms with Gasteiger partial charge in [0.15, 0.2) is 11.5 Å². The number of nitrogens with zero attached hydrogens (tertiary/aromatic N) is 4. The van der Waals surface area contributed by atoms with Crippen LogP contribution in [0.15, 0.2) is 30.6 Å². The van der Waals surface area contributed by atoms with E-state index in [1.807, 2.05) is 22.7 Å². The second kappa shape index (κ2) is 5.49. The van der Waals surface area contributed by atoms with Crippen LogP contribution in [0.4, 0.5) is 5.95 Å². The predicted molar refractivity (Wildman–Crippen MR) is 83.9 cm³/mol. The Kier molecular flexibility index (Phi) is 3.33. The van der Waals surface area contributed by atoms with Crippen LogP contribution in [0, 0.1) is 0 Å². The topological polar surface area (TPSA) is 59.8 Å². The zero-order valence-corrected chi connectivity index (χ0v) is 12.9. The first-order chi connectivity index (χ1) is 11.2. The first-order valence-electron chi connectivity index (χ1n) is 7.63. The molecule has 4 rings (SSSR count). The molecule has 2 aromatic rings. The molecule has 2 aliphatic rings. The molecule has 0 spiro atoms. The van der Waals surface area contributed by atoms with Gasteiger partial charge < -0.3 is 23.8 Å². The number of carbonyl (C=O) groups is 1. The third kappa shape index (κ3) is 2.48. The lowest BCUT2D eigenvalue weighted by atomic mass is 10.1. The number of imidazole rings is 1. The molecule has 7 heteroatoms. The Labute approximate surface area is 134 Å². The number of ether oxygens (including phenoxy) is 2.